The maximum atomic E-state index is 12.2. The number of nitrogens with two attached hydrogens (primary N) is 1. The van der Waals surface area contributed by atoms with E-state index in [1.54, 1.807) is 12.1 Å². The van der Waals surface area contributed by atoms with Gasteiger partial charge in [-0.05, 0) is 36.8 Å². The normalized spacial score (nSPS) is 10.2. The molecule has 0 aliphatic carbocycles. The number of benzene rings is 2. The molecule has 2 rings (SSSR count). The van der Waals surface area contributed by atoms with Gasteiger partial charge in [-0.2, -0.15) is 0 Å². The Morgan fingerprint density at radius 1 is 1.15 bits per heavy atom. The van der Waals surface area contributed by atoms with Crippen LogP contribution in [0, 0.1) is 6.92 Å². The van der Waals surface area contributed by atoms with Gasteiger partial charge in [0.05, 0.1) is 11.4 Å². The van der Waals surface area contributed by atoms with Gasteiger partial charge in [0.2, 0.25) is 0 Å². The topological polar surface area (TPSA) is 58.4 Å². The highest BCUT2D eigenvalue weighted by molar-refractivity contribution is 6.05. The molecule has 0 unspecified atom stereocenters. The third kappa shape index (κ3) is 2.91. The lowest BCUT2D eigenvalue weighted by atomic mass is 10.1. The van der Waals surface area contributed by atoms with Crippen LogP contribution in [0.15, 0.2) is 42.5 Å². The van der Waals surface area contributed by atoms with E-state index in [9.17, 15) is 4.79 Å². The van der Waals surface area contributed by atoms with Gasteiger partial charge in [-0.15, -0.1) is 0 Å². The lowest BCUT2D eigenvalue weighted by molar-refractivity contribution is 0.102. The average molecular weight is 269 g/mol. The van der Waals surface area contributed by atoms with E-state index in [0.29, 0.717) is 11.3 Å². The van der Waals surface area contributed by atoms with Gasteiger partial charge in [0.1, 0.15) is 0 Å². The minimum atomic E-state index is -0.156. The van der Waals surface area contributed by atoms with E-state index in [4.69, 9.17) is 5.73 Å². The molecule has 0 aromatic heterocycles. The van der Waals surface area contributed by atoms with E-state index in [1.165, 1.54) is 0 Å². The molecule has 104 valence electrons. The number of aryl methyl sites for hydroxylation is 1. The molecule has 4 nitrogen and oxygen atoms in total. The molecule has 0 fully saturated rings. The fourth-order valence-electron chi connectivity index (χ4n) is 2.01. The summed E-state index contributed by atoms with van der Waals surface area (Å²) in [5.41, 5.74) is 9.84. The first kappa shape index (κ1) is 13.9. The van der Waals surface area contributed by atoms with Crippen LogP contribution >= 0.6 is 0 Å². The third-order valence-electron chi connectivity index (χ3n) is 3.16. The zero-order valence-corrected chi connectivity index (χ0v) is 12.0. The van der Waals surface area contributed by atoms with Crippen molar-refractivity contribution in [3.05, 3.63) is 53.6 Å². The maximum Gasteiger partial charge on any atom is 0.255 e. The van der Waals surface area contributed by atoms with Crippen molar-refractivity contribution in [2.45, 2.75) is 6.92 Å². The molecule has 0 bridgehead atoms. The van der Waals surface area contributed by atoms with Crippen molar-refractivity contribution >= 4 is 23.0 Å². The van der Waals surface area contributed by atoms with Crippen LogP contribution in [-0.4, -0.2) is 20.0 Å². The Kier molecular flexibility index (Phi) is 3.94. The Hall–Kier alpha value is -2.49. The number of para-hydroxylation sites is 1. The lowest BCUT2D eigenvalue weighted by Crippen LogP contribution is -2.15. The molecule has 3 N–H and O–H groups in total. The Balaban J connectivity index is 2.22. The second-order valence-electron chi connectivity index (χ2n) is 4.94. The zero-order valence-electron chi connectivity index (χ0n) is 12.0. The summed E-state index contributed by atoms with van der Waals surface area (Å²) in [4.78, 5) is 14.1. The molecule has 20 heavy (non-hydrogen) atoms. The Bertz CT molecular complexity index is 635. The Morgan fingerprint density at radius 3 is 2.45 bits per heavy atom. The quantitative estimate of drug-likeness (QED) is 0.842. The smallest absolute Gasteiger partial charge is 0.255 e. The van der Waals surface area contributed by atoms with Crippen molar-refractivity contribution in [1.29, 1.82) is 0 Å². The molecule has 0 atom stereocenters. The Morgan fingerprint density at radius 2 is 1.85 bits per heavy atom. The van der Waals surface area contributed by atoms with E-state index in [-0.39, 0.29) is 5.91 Å². The van der Waals surface area contributed by atoms with Gasteiger partial charge >= 0.3 is 0 Å². The first-order chi connectivity index (χ1) is 9.49. The lowest BCUT2D eigenvalue weighted by Gasteiger charge is -2.16. The summed E-state index contributed by atoms with van der Waals surface area (Å²) in [6.07, 6.45) is 0. The molecule has 0 saturated carbocycles. The minimum absolute atomic E-state index is 0.156. The molecule has 0 saturated heterocycles. The number of nitrogens with one attached hydrogen (secondary N) is 1. The summed E-state index contributed by atoms with van der Waals surface area (Å²) < 4.78 is 0. The van der Waals surface area contributed by atoms with Crippen LogP contribution in [0.4, 0.5) is 17.1 Å². The van der Waals surface area contributed by atoms with Gasteiger partial charge in [0, 0.05) is 25.3 Å². The predicted octanol–water partition coefficient (Wildman–Crippen LogP) is 2.90. The summed E-state index contributed by atoms with van der Waals surface area (Å²) in [5, 5.41) is 2.89. The van der Waals surface area contributed by atoms with Crippen molar-refractivity contribution in [2.24, 2.45) is 0 Å². The number of nitrogen functional groups attached to an aromatic ring is 1. The number of rotatable bonds is 3. The second-order valence-corrected chi connectivity index (χ2v) is 4.94. The van der Waals surface area contributed by atoms with Crippen molar-refractivity contribution in [3.63, 3.8) is 0 Å². The van der Waals surface area contributed by atoms with Crippen LogP contribution in [0.1, 0.15) is 15.9 Å². The highest BCUT2D eigenvalue weighted by atomic mass is 16.1. The standard InChI is InChI=1S/C16H19N3O/c1-11-6-4-5-7-14(11)18-16(20)12-8-9-15(19(2)3)13(17)10-12/h4-10H,17H2,1-3H3,(H,18,20). The number of hydrogen-bond donors (Lipinski definition) is 2. The van der Waals surface area contributed by atoms with Crippen LogP contribution in [0.5, 0.6) is 0 Å². The van der Waals surface area contributed by atoms with E-state index in [1.807, 2.05) is 56.3 Å². The minimum Gasteiger partial charge on any atom is -0.397 e. The summed E-state index contributed by atoms with van der Waals surface area (Å²) in [7, 11) is 3.83. The van der Waals surface area contributed by atoms with Crippen molar-refractivity contribution in [3.8, 4) is 0 Å². The Labute approximate surface area is 119 Å². The number of anilines is 3. The molecule has 0 spiro atoms. The van der Waals surface area contributed by atoms with Gasteiger partial charge in [-0.3, -0.25) is 4.79 Å². The molecule has 0 aliphatic heterocycles. The number of amides is 1. The molecule has 0 aliphatic rings. The number of carbonyl (C=O) groups excluding carboxylic acids is 1. The molecule has 0 radical (unpaired) electrons. The van der Waals surface area contributed by atoms with Crippen molar-refractivity contribution in [2.75, 3.05) is 30.0 Å². The van der Waals surface area contributed by atoms with Crippen LogP contribution in [0.3, 0.4) is 0 Å². The van der Waals surface area contributed by atoms with Gasteiger partial charge in [-0.1, -0.05) is 18.2 Å². The first-order valence-electron chi connectivity index (χ1n) is 6.43. The summed E-state index contributed by atoms with van der Waals surface area (Å²) in [6.45, 7) is 1.96. The van der Waals surface area contributed by atoms with Gasteiger partial charge in [0.25, 0.3) is 5.91 Å². The largest absolute Gasteiger partial charge is 0.397 e. The second kappa shape index (κ2) is 5.65. The summed E-state index contributed by atoms with van der Waals surface area (Å²) >= 11 is 0. The van der Waals surface area contributed by atoms with E-state index < -0.39 is 0 Å². The van der Waals surface area contributed by atoms with E-state index in [2.05, 4.69) is 5.32 Å². The number of nitrogens with zero attached hydrogens (tertiary/aromatic N) is 1. The number of carbonyl (C=O) groups is 1. The van der Waals surface area contributed by atoms with E-state index >= 15 is 0 Å². The van der Waals surface area contributed by atoms with Gasteiger partial charge in [0.15, 0.2) is 0 Å². The summed E-state index contributed by atoms with van der Waals surface area (Å²) in [6, 6.07) is 13.0. The molecule has 2 aromatic rings. The highest BCUT2D eigenvalue weighted by Gasteiger charge is 2.10. The molecule has 4 heteroatoms. The number of hydrogen-bond acceptors (Lipinski definition) is 3. The predicted molar refractivity (Wildman–Crippen MR) is 84.3 cm³/mol. The zero-order chi connectivity index (χ0) is 14.7. The molecular weight excluding hydrogens is 250 g/mol. The first-order valence-corrected chi connectivity index (χ1v) is 6.43. The van der Waals surface area contributed by atoms with Gasteiger partial charge in [-0.25, -0.2) is 0 Å². The average Bonchev–Trinajstić information content (AvgIpc) is 2.40. The third-order valence-corrected chi connectivity index (χ3v) is 3.16. The van der Waals surface area contributed by atoms with Crippen molar-refractivity contribution in [1.82, 2.24) is 0 Å². The monoisotopic (exact) mass is 269 g/mol. The van der Waals surface area contributed by atoms with Crippen LogP contribution in [-0.2, 0) is 0 Å². The van der Waals surface area contributed by atoms with Crippen LogP contribution in [0.2, 0.25) is 0 Å². The van der Waals surface area contributed by atoms with Crippen LogP contribution in [0.25, 0.3) is 0 Å². The van der Waals surface area contributed by atoms with Gasteiger partial charge < -0.3 is 16.0 Å². The summed E-state index contributed by atoms with van der Waals surface area (Å²) in [5.74, 6) is -0.156. The molecular formula is C16H19N3O. The molecule has 2 aromatic carbocycles. The van der Waals surface area contributed by atoms with Crippen LogP contribution < -0.4 is 16.0 Å². The molecule has 1 amide bonds. The fraction of sp³-hybridized carbons (Fsp3) is 0.188. The maximum absolute atomic E-state index is 12.2. The SMILES string of the molecule is Cc1ccccc1NC(=O)c1ccc(N(C)C)c(N)c1. The fourth-order valence-corrected chi connectivity index (χ4v) is 2.01. The van der Waals surface area contributed by atoms with E-state index in [0.717, 1.165) is 16.9 Å². The highest BCUT2D eigenvalue weighted by Crippen LogP contribution is 2.23. The van der Waals surface area contributed by atoms with Crippen molar-refractivity contribution < 1.29 is 4.79 Å². The molecule has 0 heterocycles.